The number of benzene rings is 8. The summed E-state index contributed by atoms with van der Waals surface area (Å²) in [6.45, 7) is 0. The summed E-state index contributed by atoms with van der Waals surface area (Å²) in [5.41, 5.74) is 4.16. The molecule has 210 valence electrons. The second kappa shape index (κ2) is 10.3. The van der Waals surface area contributed by atoms with Crippen molar-refractivity contribution in [2.24, 2.45) is 0 Å². The van der Waals surface area contributed by atoms with Gasteiger partial charge in [-0.3, -0.25) is 4.57 Å². The van der Waals surface area contributed by atoms with Gasteiger partial charge >= 0.3 is 0 Å². The molecule has 0 N–H and O–H groups in total. The van der Waals surface area contributed by atoms with Crippen LogP contribution in [0.5, 0.6) is 0 Å². The lowest BCUT2D eigenvalue weighted by atomic mass is 9.85. The van der Waals surface area contributed by atoms with E-state index in [1.54, 1.807) is 10.6 Å². The van der Waals surface area contributed by atoms with E-state index in [2.05, 4.69) is 0 Å². The third-order valence-corrected chi connectivity index (χ3v) is 8.13. The molecule has 8 aromatic carbocycles. The minimum atomic E-state index is -0.523. The smallest absolute Gasteiger partial charge is 0.145 e. The molecule has 0 saturated carbocycles. The van der Waals surface area contributed by atoms with Crippen LogP contribution in [-0.4, -0.2) is 9.55 Å². The third-order valence-electron chi connectivity index (χ3n) is 8.13. The molecule has 0 aliphatic rings. The van der Waals surface area contributed by atoms with Gasteiger partial charge in [0.05, 0.1) is 27.5 Å². The van der Waals surface area contributed by atoms with E-state index in [9.17, 15) is 2.74 Å². The molecule has 0 aliphatic heterocycles. The molecule has 0 aliphatic carbocycles. The largest absolute Gasteiger partial charge is 0.292 e. The van der Waals surface area contributed by atoms with Gasteiger partial charge in [0.15, 0.2) is 0 Å². The number of para-hydroxylation sites is 2. The molecular formula is C43H28N2. The zero-order valence-electron chi connectivity index (χ0n) is 35.6. The highest BCUT2D eigenvalue weighted by molar-refractivity contribution is 6.21. The van der Waals surface area contributed by atoms with Gasteiger partial charge < -0.3 is 0 Å². The highest BCUT2D eigenvalue weighted by atomic mass is 15.1. The zero-order chi connectivity index (χ0) is 40.2. The Bertz CT molecular complexity index is 3120. The first-order chi connectivity index (χ1) is 27.3. The van der Waals surface area contributed by atoms with Crippen LogP contribution in [0.1, 0.15) is 16.4 Å². The molecule has 45 heavy (non-hydrogen) atoms. The average molecular weight is 585 g/mol. The quantitative estimate of drug-likeness (QED) is 0.188. The Morgan fingerprint density at radius 3 is 1.73 bits per heavy atom. The van der Waals surface area contributed by atoms with Crippen molar-refractivity contribution >= 4 is 43.4 Å². The van der Waals surface area contributed by atoms with Crippen LogP contribution in [0.3, 0.4) is 0 Å². The van der Waals surface area contributed by atoms with Gasteiger partial charge in [0, 0.05) is 11.3 Å². The molecule has 0 saturated heterocycles. The minimum Gasteiger partial charge on any atom is -0.292 e. The lowest BCUT2D eigenvalue weighted by Crippen LogP contribution is -1.97. The highest BCUT2D eigenvalue weighted by Crippen LogP contribution is 2.44. The molecule has 1 aromatic heterocycles. The number of hydrogen-bond donors (Lipinski definition) is 0. The molecule has 0 unspecified atom stereocenters. The van der Waals surface area contributed by atoms with E-state index >= 15 is 0 Å². The first-order valence-corrected chi connectivity index (χ1v) is 14.4. The zero-order valence-corrected chi connectivity index (χ0v) is 23.6. The van der Waals surface area contributed by atoms with Crippen molar-refractivity contribution in [2.75, 3.05) is 0 Å². The number of imidazole rings is 1. The molecule has 2 heteroatoms. The van der Waals surface area contributed by atoms with Crippen LogP contribution >= 0.6 is 0 Å². The summed E-state index contributed by atoms with van der Waals surface area (Å²) < 4.78 is 105. The molecule has 0 radical (unpaired) electrons. The second-order valence-electron chi connectivity index (χ2n) is 10.6. The van der Waals surface area contributed by atoms with Gasteiger partial charge in [-0.05, 0) is 84.9 Å². The second-order valence-corrected chi connectivity index (χ2v) is 10.6. The van der Waals surface area contributed by atoms with Crippen molar-refractivity contribution in [1.29, 1.82) is 0 Å². The maximum Gasteiger partial charge on any atom is 0.145 e. The van der Waals surface area contributed by atoms with Crippen LogP contribution in [0.4, 0.5) is 0 Å². The predicted octanol–water partition coefficient (Wildman–Crippen LogP) is 11.5. The molecule has 1 heterocycles. The van der Waals surface area contributed by atoms with E-state index < -0.39 is 42.3 Å². The van der Waals surface area contributed by atoms with Crippen molar-refractivity contribution in [3.8, 4) is 39.3 Å². The Kier molecular flexibility index (Phi) is 3.71. The van der Waals surface area contributed by atoms with Crippen molar-refractivity contribution < 1.29 is 16.4 Å². The fraction of sp³-hybridized carbons (Fsp3) is 0. The molecule has 9 rings (SSSR count). The summed E-state index contributed by atoms with van der Waals surface area (Å²) in [6.07, 6.45) is 0. The fourth-order valence-corrected chi connectivity index (χ4v) is 6.21. The van der Waals surface area contributed by atoms with Crippen molar-refractivity contribution in [3.05, 3.63) is 170 Å². The highest BCUT2D eigenvalue weighted by Gasteiger charge is 2.18. The van der Waals surface area contributed by atoms with Crippen LogP contribution in [0.2, 0.25) is 0 Å². The number of fused-ring (bicyclic) bond motifs is 4. The van der Waals surface area contributed by atoms with Crippen LogP contribution in [-0.2, 0) is 0 Å². The lowest BCUT2D eigenvalue weighted by Gasteiger charge is -2.18. The standard InChI is InChI=1S/C43H28N2/c1-2-13-31(14-3-1)43-44-39-20-10-11-21-40(39)45(43)34-26-24-30(25-27-34)41-35-16-6-8-18-37(35)42(38-19-9-7-17-36(38)41)33-23-22-29-12-4-5-15-32(29)28-33/h1-28H/i1D,2D,3D,4D,5D,12D,13D,14D,15D,22D,23D,28D. The van der Waals surface area contributed by atoms with Crippen molar-refractivity contribution in [1.82, 2.24) is 9.55 Å². The average Bonchev–Trinajstić information content (AvgIpc) is 3.60. The Balaban J connectivity index is 1.30. The molecule has 0 bridgehead atoms. The Morgan fingerprint density at radius 2 is 1.04 bits per heavy atom. The van der Waals surface area contributed by atoms with E-state index in [1.165, 1.54) is 0 Å². The molecule has 2 nitrogen and oxygen atoms in total. The number of hydrogen-bond acceptors (Lipinski definition) is 1. The van der Waals surface area contributed by atoms with Crippen molar-refractivity contribution in [3.63, 3.8) is 0 Å². The summed E-state index contributed by atoms with van der Waals surface area (Å²) in [7, 11) is 0. The Hall–Kier alpha value is -5.99. The monoisotopic (exact) mass is 584 g/mol. The number of rotatable bonds is 4. The van der Waals surface area contributed by atoms with E-state index in [0.717, 1.165) is 21.9 Å². The number of aromatic nitrogens is 2. The van der Waals surface area contributed by atoms with Gasteiger partial charge in [0.1, 0.15) is 5.82 Å². The van der Waals surface area contributed by atoms with Crippen LogP contribution in [0, 0.1) is 0 Å². The summed E-state index contributed by atoms with van der Waals surface area (Å²) in [4.78, 5) is 4.76. The van der Waals surface area contributed by atoms with E-state index in [-0.39, 0.29) is 57.9 Å². The van der Waals surface area contributed by atoms with Gasteiger partial charge in [-0.25, -0.2) is 4.98 Å². The molecule has 0 amide bonds. The SMILES string of the molecule is [2H]c1c([2H])c([2H])c(-c2nc3ccccc3n2-c2ccc(-c3c4ccccc4c(-c4c([2H])c([2H])c5c([2H])c([2H])c([2H])c([2H])c5c4[2H])c4ccccc34)cc2)c([2H])c1[2H]. The van der Waals surface area contributed by atoms with Crippen LogP contribution in [0.25, 0.3) is 82.7 Å². The summed E-state index contributed by atoms with van der Waals surface area (Å²) in [5, 5.41) is 2.66. The molecule has 0 fully saturated rings. The molecular weight excluding hydrogens is 544 g/mol. The summed E-state index contributed by atoms with van der Waals surface area (Å²) in [6, 6.07) is 25.1. The summed E-state index contributed by atoms with van der Waals surface area (Å²) >= 11 is 0. The first kappa shape index (κ1) is 16.2. The van der Waals surface area contributed by atoms with Gasteiger partial charge in [0.2, 0.25) is 0 Å². The van der Waals surface area contributed by atoms with Gasteiger partial charge in [0.25, 0.3) is 0 Å². The topological polar surface area (TPSA) is 17.8 Å². The molecule has 0 atom stereocenters. The third kappa shape index (κ3) is 4.15. The lowest BCUT2D eigenvalue weighted by molar-refractivity contribution is 1.10. The minimum absolute atomic E-state index is 0.0172. The van der Waals surface area contributed by atoms with Crippen LogP contribution < -0.4 is 0 Å². The maximum absolute atomic E-state index is 9.36. The molecule has 0 spiro atoms. The Morgan fingerprint density at radius 1 is 0.467 bits per heavy atom. The van der Waals surface area contributed by atoms with Crippen molar-refractivity contribution in [2.45, 2.75) is 0 Å². The van der Waals surface area contributed by atoms with E-state index in [4.69, 9.17) is 18.7 Å². The van der Waals surface area contributed by atoms with E-state index in [0.29, 0.717) is 33.1 Å². The molecule has 9 aromatic rings. The van der Waals surface area contributed by atoms with E-state index in [1.807, 2.05) is 91.0 Å². The maximum atomic E-state index is 9.36. The Labute approximate surface area is 278 Å². The summed E-state index contributed by atoms with van der Waals surface area (Å²) in [5.74, 6) is 0.201. The number of nitrogens with zero attached hydrogens (tertiary/aromatic N) is 2. The predicted molar refractivity (Wildman–Crippen MR) is 190 cm³/mol. The van der Waals surface area contributed by atoms with Gasteiger partial charge in [-0.1, -0.05) is 139 Å². The normalized spacial score (nSPS) is 15.3. The van der Waals surface area contributed by atoms with Gasteiger partial charge in [-0.15, -0.1) is 0 Å². The van der Waals surface area contributed by atoms with Gasteiger partial charge in [-0.2, -0.15) is 0 Å². The first-order valence-electron chi connectivity index (χ1n) is 20.4. The fourth-order valence-electron chi connectivity index (χ4n) is 6.21. The van der Waals surface area contributed by atoms with Crippen LogP contribution in [0.15, 0.2) is 170 Å².